The number of methoxy groups -OCH3 is 1. The van der Waals surface area contributed by atoms with Crippen LogP contribution in [-0.4, -0.2) is 49.3 Å². The zero-order valence-corrected chi connectivity index (χ0v) is 15.8. The van der Waals surface area contributed by atoms with Crippen molar-refractivity contribution in [2.24, 2.45) is 5.73 Å². The van der Waals surface area contributed by atoms with E-state index in [2.05, 4.69) is 40.1 Å². The quantitative estimate of drug-likeness (QED) is 0.750. The second kappa shape index (κ2) is 7.61. The fourth-order valence-electron chi connectivity index (χ4n) is 3.50. The third-order valence-corrected chi connectivity index (χ3v) is 5.99. The number of para-hydroxylation sites is 3. The molecule has 1 fully saturated rings. The van der Waals surface area contributed by atoms with E-state index < -0.39 is 0 Å². The monoisotopic (exact) mass is 368 g/mol. The molecule has 136 valence electrons. The van der Waals surface area contributed by atoms with Crippen molar-refractivity contribution in [3.63, 3.8) is 0 Å². The van der Waals surface area contributed by atoms with Gasteiger partial charge in [-0.05, 0) is 24.3 Å². The van der Waals surface area contributed by atoms with Crippen LogP contribution in [0.1, 0.15) is 5.01 Å². The average Bonchev–Trinajstić information content (AvgIpc) is 3.10. The highest BCUT2D eigenvalue weighted by Gasteiger charge is 2.24. The van der Waals surface area contributed by atoms with Crippen LogP contribution in [0.2, 0.25) is 0 Å². The first-order valence-corrected chi connectivity index (χ1v) is 9.78. The number of nitrogens with two attached hydrogens (primary N) is 1. The molecular weight excluding hydrogens is 344 g/mol. The van der Waals surface area contributed by atoms with E-state index in [-0.39, 0.29) is 6.17 Å². The Bertz CT molecular complexity index is 840. The molecule has 3 aromatic rings. The summed E-state index contributed by atoms with van der Waals surface area (Å²) in [7, 11) is 1.73. The van der Waals surface area contributed by atoms with Gasteiger partial charge in [0.2, 0.25) is 0 Å². The van der Waals surface area contributed by atoms with Gasteiger partial charge in [-0.15, -0.1) is 11.3 Å². The molecule has 1 saturated heterocycles. The summed E-state index contributed by atoms with van der Waals surface area (Å²) in [6.45, 7) is 3.80. The van der Waals surface area contributed by atoms with Gasteiger partial charge in [-0.2, -0.15) is 0 Å². The summed E-state index contributed by atoms with van der Waals surface area (Å²) >= 11 is 1.75. The van der Waals surface area contributed by atoms with Gasteiger partial charge in [0, 0.05) is 32.6 Å². The number of anilines is 1. The molecule has 2 N–H and O–H groups in total. The lowest BCUT2D eigenvalue weighted by atomic mass is 10.2. The van der Waals surface area contributed by atoms with Crippen molar-refractivity contribution >= 4 is 27.2 Å². The molecule has 1 atom stereocenters. The lowest BCUT2D eigenvalue weighted by Gasteiger charge is -2.39. The first-order valence-electron chi connectivity index (χ1n) is 8.96. The summed E-state index contributed by atoms with van der Waals surface area (Å²) in [5.41, 5.74) is 8.72. The summed E-state index contributed by atoms with van der Waals surface area (Å²) in [4.78, 5) is 9.45. The minimum absolute atomic E-state index is 0.00961. The van der Waals surface area contributed by atoms with Crippen molar-refractivity contribution in [3.8, 4) is 5.75 Å². The van der Waals surface area contributed by atoms with Crippen LogP contribution in [-0.2, 0) is 6.42 Å². The highest BCUT2D eigenvalue weighted by Crippen LogP contribution is 2.29. The molecule has 0 spiro atoms. The zero-order valence-electron chi connectivity index (χ0n) is 15.0. The molecule has 0 aliphatic carbocycles. The second-order valence-corrected chi connectivity index (χ2v) is 7.66. The highest BCUT2D eigenvalue weighted by molar-refractivity contribution is 7.18. The van der Waals surface area contributed by atoms with Gasteiger partial charge in [-0.3, -0.25) is 4.90 Å². The van der Waals surface area contributed by atoms with Crippen molar-refractivity contribution in [1.82, 2.24) is 9.88 Å². The van der Waals surface area contributed by atoms with Gasteiger partial charge in [0.1, 0.15) is 5.75 Å². The van der Waals surface area contributed by atoms with Crippen LogP contribution in [0.15, 0.2) is 48.5 Å². The Labute approximate surface area is 158 Å². The van der Waals surface area contributed by atoms with Crippen LogP contribution in [0.4, 0.5) is 5.69 Å². The SMILES string of the molecule is COc1ccccc1N1CCN(C(N)Cc2nc3ccccc3s2)CC1. The maximum atomic E-state index is 6.49. The fraction of sp³-hybridized carbons (Fsp3) is 0.350. The predicted molar refractivity (Wildman–Crippen MR) is 108 cm³/mol. The van der Waals surface area contributed by atoms with Crippen molar-refractivity contribution < 1.29 is 4.74 Å². The van der Waals surface area contributed by atoms with Crippen molar-refractivity contribution in [2.75, 3.05) is 38.2 Å². The number of benzene rings is 2. The first-order chi connectivity index (χ1) is 12.7. The van der Waals surface area contributed by atoms with Gasteiger partial charge in [0.05, 0.1) is 34.2 Å². The lowest BCUT2D eigenvalue weighted by molar-refractivity contribution is 0.187. The maximum absolute atomic E-state index is 6.49. The molecule has 6 heteroatoms. The zero-order chi connectivity index (χ0) is 17.9. The summed E-state index contributed by atoms with van der Waals surface area (Å²) in [6, 6.07) is 16.5. The maximum Gasteiger partial charge on any atom is 0.142 e. The molecule has 0 radical (unpaired) electrons. The number of aromatic nitrogens is 1. The summed E-state index contributed by atoms with van der Waals surface area (Å²) in [6.07, 6.45) is 0.809. The number of fused-ring (bicyclic) bond motifs is 1. The Balaban J connectivity index is 1.38. The Morgan fingerprint density at radius 3 is 2.58 bits per heavy atom. The molecule has 5 nitrogen and oxygen atoms in total. The van der Waals surface area contributed by atoms with E-state index in [1.165, 1.54) is 4.70 Å². The first kappa shape index (κ1) is 17.3. The van der Waals surface area contributed by atoms with Crippen LogP contribution in [0.3, 0.4) is 0 Å². The Hall–Kier alpha value is -2.15. The summed E-state index contributed by atoms with van der Waals surface area (Å²) < 4.78 is 6.73. The largest absolute Gasteiger partial charge is 0.495 e. The Kier molecular flexibility index (Phi) is 5.06. The van der Waals surface area contributed by atoms with E-state index in [0.717, 1.165) is 54.6 Å². The molecular formula is C20H24N4OS. The second-order valence-electron chi connectivity index (χ2n) is 6.54. The number of piperazine rings is 1. The van der Waals surface area contributed by atoms with E-state index >= 15 is 0 Å². The normalized spacial score (nSPS) is 16.8. The van der Waals surface area contributed by atoms with Gasteiger partial charge in [0.15, 0.2) is 0 Å². The van der Waals surface area contributed by atoms with Crippen LogP contribution in [0, 0.1) is 0 Å². The number of thiazole rings is 1. The topological polar surface area (TPSA) is 54.6 Å². The van der Waals surface area contributed by atoms with Gasteiger partial charge in [-0.25, -0.2) is 4.98 Å². The molecule has 1 aliphatic heterocycles. The number of nitrogens with zero attached hydrogens (tertiary/aromatic N) is 3. The van der Waals surface area contributed by atoms with Gasteiger partial charge in [0.25, 0.3) is 0 Å². The fourth-order valence-corrected chi connectivity index (χ4v) is 4.52. The predicted octanol–water partition coefficient (Wildman–Crippen LogP) is 2.95. The lowest BCUT2D eigenvalue weighted by Crippen LogP contribution is -2.54. The minimum Gasteiger partial charge on any atom is -0.495 e. The van der Waals surface area contributed by atoms with Crippen molar-refractivity contribution in [2.45, 2.75) is 12.6 Å². The van der Waals surface area contributed by atoms with Crippen LogP contribution in [0.25, 0.3) is 10.2 Å². The molecule has 0 amide bonds. The molecule has 0 saturated carbocycles. The van der Waals surface area contributed by atoms with E-state index in [0.29, 0.717) is 0 Å². The number of ether oxygens (including phenoxy) is 1. The molecule has 1 unspecified atom stereocenters. The standard InChI is InChI=1S/C20H24N4OS/c1-25-17-8-4-3-7-16(17)23-10-12-24(13-11-23)19(21)14-20-22-15-6-2-5-9-18(15)26-20/h2-9,19H,10-14,21H2,1H3. The van der Waals surface area contributed by atoms with Gasteiger partial charge >= 0.3 is 0 Å². The molecule has 4 rings (SSSR count). The minimum atomic E-state index is 0.00961. The van der Waals surface area contributed by atoms with E-state index in [9.17, 15) is 0 Å². The highest BCUT2D eigenvalue weighted by atomic mass is 32.1. The Morgan fingerprint density at radius 2 is 1.81 bits per heavy atom. The smallest absolute Gasteiger partial charge is 0.142 e. The van der Waals surface area contributed by atoms with E-state index in [4.69, 9.17) is 15.5 Å². The third kappa shape index (κ3) is 3.53. The van der Waals surface area contributed by atoms with Crippen LogP contribution >= 0.6 is 11.3 Å². The van der Waals surface area contributed by atoms with E-state index in [1.54, 1.807) is 18.4 Å². The molecule has 2 aromatic carbocycles. The molecule has 0 bridgehead atoms. The molecule has 26 heavy (non-hydrogen) atoms. The van der Waals surface area contributed by atoms with Gasteiger partial charge < -0.3 is 15.4 Å². The Morgan fingerprint density at radius 1 is 1.08 bits per heavy atom. The van der Waals surface area contributed by atoms with Crippen LogP contribution < -0.4 is 15.4 Å². The summed E-state index contributed by atoms with van der Waals surface area (Å²) in [5.74, 6) is 0.930. The number of hydrogen-bond donors (Lipinski definition) is 1. The molecule has 2 heterocycles. The summed E-state index contributed by atoms with van der Waals surface area (Å²) in [5, 5.41) is 1.12. The molecule has 1 aromatic heterocycles. The van der Waals surface area contributed by atoms with E-state index in [1.807, 2.05) is 18.2 Å². The average molecular weight is 369 g/mol. The van der Waals surface area contributed by atoms with Crippen molar-refractivity contribution in [1.29, 1.82) is 0 Å². The molecule has 1 aliphatic rings. The number of hydrogen-bond acceptors (Lipinski definition) is 6. The number of rotatable bonds is 5. The van der Waals surface area contributed by atoms with Crippen LogP contribution in [0.5, 0.6) is 5.75 Å². The van der Waals surface area contributed by atoms with Gasteiger partial charge in [-0.1, -0.05) is 24.3 Å². The third-order valence-electron chi connectivity index (χ3n) is 4.93. The van der Waals surface area contributed by atoms with Crippen molar-refractivity contribution in [3.05, 3.63) is 53.5 Å².